The quantitative estimate of drug-likeness (QED) is 0.758. The van der Waals surface area contributed by atoms with Gasteiger partial charge in [0.2, 0.25) is 0 Å². The first kappa shape index (κ1) is 9.98. The molecule has 1 heterocycles. The molecule has 0 saturated carbocycles. The summed E-state index contributed by atoms with van der Waals surface area (Å²) in [6.07, 6.45) is 0.864. The maximum Gasteiger partial charge on any atom is 0.325 e. The van der Waals surface area contributed by atoms with E-state index in [-0.39, 0.29) is 0 Å². The standard InChI is InChI=1S/C11H13NO3/c1-15-8-3-2-7-4-5-12-10(11(13)14)9(7)6-8/h2-3,6,10,12H,4-5H2,1H3,(H,13,14). The Labute approximate surface area is 87.9 Å². The molecular formula is C11H13NO3. The Morgan fingerprint density at radius 1 is 1.60 bits per heavy atom. The van der Waals surface area contributed by atoms with Crippen LogP contribution < -0.4 is 10.1 Å². The molecule has 4 nitrogen and oxygen atoms in total. The van der Waals surface area contributed by atoms with E-state index >= 15 is 0 Å². The number of carboxylic acid groups (broad SMARTS) is 1. The number of carbonyl (C=O) groups is 1. The van der Waals surface area contributed by atoms with E-state index in [0.717, 1.165) is 17.5 Å². The van der Waals surface area contributed by atoms with Crippen LogP contribution in [0.3, 0.4) is 0 Å². The van der Waals surface area contributed by atoms with E-state index in [9.17, 15) is 4.79 Å². The molecule has 1 aromatic carbocycles. The van der Waals surface area contributed by atoms with Crippen LogP contribution in [0.15, 0.2) is 18.2 Å². The Kier molecular flexibility index (Phi) is 2.60. The molecule has 2 N–H and O–H groups in total. The van der Waals surface area contributed by atoms with E-state index in [1.807, 2.05) is 12.1 Å². The highest BCUT2D eigenvalue weighted by Crippen LogP contribution is 2.27. The second-order valence-corrected chi connectivity index (χ2v) is 3.54. The SMILES string of the molecule is COc1ccc2c(c1)C(C(=O)O)NCC2. The summed E-state index contributed by atoms with van der Waals surface area (Å²) in [6.45, 7) is 0.705. The summed E-state index contributed by atoms with van der Waals surface area (Å²) in [5, 5.41) is 12.0. The lowest BCUT2D eigenvalue weighted by atomic mass is 9.94. The van der Waals surface area contributed by atoms with Crippen LogP contribution in [0.2, 0.25) is 0 Å². The van der Waals surface area contributed by atoms with Crippen molar-refractivity contribution >= 4 is 5.97 Å². The van der Waals surface area contributed by atoms with Crippen molar-refractivity contribution in [1.29, 1.82) is 0 Å². The van der Waals surface area contributed by atoms with Crippen LogP contribution in [-0.2, 0) is 11.2 Å². The molecule has 0 bridgehead atoms. The Hall–Kier alpha value is -1.55. The largest absolute Gasteiger partial charge is 0.497 e. The molecular weight excluding hydrogens is 194 g/mol. The Morgan fingerprint density at radius 3 is 3.07 bits per heavy atom. The highest BCUT2D eigenvalue weighted by atomic mass is 16.5. The van der Waals surface area contributed by atoms with Gasteiger partial charge >= 0.3 is 5.97 Å². The van der Waals surface area contributed by atoms with Gasteiger partial charge in [0.15, 0.2) is 0 Å². The molecule has 0 aliphatic carbocycles. The number of fused-ring (bicyclic) bond motifs is 1. The van der Waals surface area contributed by atoms with Gasteiger partial charge in [0, 0.05) is 6.54 Å². The van der Waals surface area contributed by atoms with Gasteiger partial charge in [0.1, 0.15) is 11.8 Å². The van der Waals surface area contributed by atoms with Crippen LogP contribution in [0, 0.1) is 0 Å². The minimum atomic E-state index is -0.843. The lowest BCUT2D eigenvalue weighted by Gasteiger charge is -2.24. The molecule has 1 aromatic rings. The fourth-order valence-electron chi connectivity index (χ4n) is 1.88. The predicted molar refractivity (Wildman–Crippen MR) is 55.1 cm³/mol. The van der Waals surface area contributed by atoms with E-state index in [0.29, 0.717) is 12.3 Å². The molecule has 0 fully saturated rings. The van der Waals surface area contributed by atoms with Gasteiger partial charge < -0.3 is 15.2 Å². The van der Waals surface area contributed by atoms with Crippen molar-refractivity contribution in [3.63, 3.8) is 0 Å². The molecule has 1 aliphatic rings. The number of aliphatic carboxylic acids is 1. The molecule has 0 saturated heterocycles. The molecule has 0 spiro atoms. The van der Waals surface area contributed by atoms with Gasteiger partial charge in [0.05, 0.1) is 7.11 Å². The smallest absolute Gasteiger partial charge is 0.325 e. The van der Waals surface area contributed by atoms with Gasteiger partial charge in [-0.25, -0.2) is 0 Å². The van der Waals surface area contributed by atoms with Crippen LogP contribution in [-0.4, -0.2) is 24.7 Å². The molecule has 15 heavy (non-hydrogen) atoms. The van der Waals surface area contributed by atoms with Crippen molar-refractivity contribution < 1.29 is 14.6 Å². The zero-order chi connectivity index (χ0) is 10.8. The number of methoxy groups -OCH3 is 1. The van der Waals surface area contributed by atoms with Gasteiger partial charge in [-0.2, -0.15) is 0 Å². The van der Waals surface area contributed by atoms with E-state index in [4.69, 9.17) is 9.84 Å². The molecule has 0 amide bonds. The molecule has 4 heteroatoms. The molecule has 0 radical (unpaired) electrons. The van der Waals surface area contributed by atoms with E-state index in [1.54, 1.807) is 13.2 Å². The van der Waals surface area contributed by atoms with Crippen LogP contribution in [0.5, 0.6) is 5.75 Å². The van der Waals surface area contributed by atoms with Crippen molar-refractivity contribution in [3.8, 4) is 5.75 Å². The Morgan fingerprint density at radius 2 is 2.40 bits per heavy atom. The van der Waals surface area contributed by atoms with Crippen molar-refractivity contribution in [2.24, 2.45) is 0 Å². The second-order valence-electron chi connectivity index (χ2n) is 3.54. The van der Waals surface area contributed by atoms with E-state index in [1.165, 1.54) is 0 Å². The summed E-state index contributed by atoms with van der Waals surface area (Å²) in [6, 6.07) is 4.98. The number of ether oxygens (including phenoxy) is 1. The summed E-state index contributed by atoms with van der Waals surface area (Å²) >= 11 is 0. The topological polar surface area (TPSA) is 58.6 Å². The highest BCUT2D eigenvalue weighted by Gasteiger charge is 2.25. The monoisotopic (exact) mass is 207 g/mol. The normalized spacial score (nSPS) is 19.4. The molecule has 1 atom stereocenters. The summed E-state index contributed by atoms with van der Waals surface area (Å²) in [5.41, 5.74) is 1.90. The fraction of sp³-hybridized carbons (Fsp3) is 0.364. The third-order valence-corrected chi connectivity index (χ3v) is 2.65. The number of carboxylic acids is 1. The van der Waals surface area contributed by atoms with Crippen LogP contribution >= 0.6 is 0 Å². The summed E-state index contributed by atoms with van der Waals surface area (Å²) in [7, 11) is 1.58. The minimum Gasteiger partial charge on any atom is -0.497 e. The Bertz CT molecular complexity index is 389. The average molecular weight is 207 g/mol. The van der Waals surface area contributed by atoms with Gasteiger partial charge in [0.25, 0.3) is 0 Å². The number of hydrogen-bond acceptors (Lipinski definition) is 3. The van der Waals surface area contributed by atoms with Gasteiger partial charge in [-0.05, 0) is 29.7 Å². The third kappa shape index (κ3) is 1.80. The summed E-state index contributed by atoms with van der Waals surface area (Å²) < 4.78 is 5.09. The second kappa shape index (κ2) is 3.90. The zero-order valence-corrected chi connectivity index (χ0v) is 8.49. The number of hydrogen-bond donors (Lipinski definition) is 2. The molecule has 2 rings (SSSR count). The molecule has 80 valence electrons. The average Bonchev–Trinajstić information content (AvgIpc) is 2.27. The van der Waals surface area contributed by atoms with E-state index < -0.39 is 12.0 Å². The highest BCUT2D eigenvalue weighted by molar-refractivity contribution is 5.76. The maximum atomic E-state index is 11.0. The van der Waals surface area contributed by atoms with E-state index in [2.05, 4.69) is 5.32 Å². The van der Waals surface area contributed by atoms with Gasteiger partial charge in [-0.15, -0.1) is 0 Å². The first-order chi connectivity index (χ1) is 7.22. The Balaban J connectivity index is 2.43. The third-order valence-electron chi connectivity index (χ3n) is 2.65. The predicted octanol–water partition coefficient (Wildman–Crippen LogP) is 0.967. The maximum absolute atomic E-state index is 11.0. The zero-order valence-electron chi connectivity index (χ0n) is 8.49. The van der Waals surface area contributed by atoms with Gasteiger partial charge in [-0.1, -0.05) is 6.07 Å². The summed E-state index contributed by atoms with van der Waals surface area (Å²) in [4.78, 5) is 11.0. The van der Waals surface area contributed by atoms with Crippen LogP contribution in [0.25, 0.3) is 0 Å². The van der Waals surface area contributed by atoms with Crippen molar-refractivity contribution in [2.45, 2.75) is 12.5 Å². The van der Waals surface area contributed by atoms with Crippen molar-refractivity contribution in [2.75, 3.05) is 13.7 Å². The molecule has 1 unspecified atom stereocenters. The van der Waals surface area contributed by atoms with Crippen molar-refractivity contribution in [1.82, 2.24) is 5.32 Å². The molecule has 0 aromatic heterocycles. The molecule has 1 aliphatic heterocycles. The summed E-state index contributed by atoms with van der Waals surface area (Å²) in [5.74, 6) is -0.145. The van der Waals surface area contributed by atoms with Crippen LogP contribution in [0.1, 0.15) is 17.2 Å². The first-order valence-electron chi connectivity index (χ1n) is 4.85. The number of benzene rings is 1. The lowest BCUT2D eigenvalue weighted by Crippen LogP contribution is -2.34. The van der Waals surface area contributed by atoms with Crippen molar-refractivity contribution in [3.05, 3.63) is 29.3 Å². The first-order valence-corrected chi connectivity index (χ1v) is 4.85. The number of rotatable bonds is 2. The fourth-order valence-corrected chi connectivity index (χ4v) is 1.88. The number of nitrogens with one attached hydrogen (secondary N) is 1. The van der Waals surface area contributed by atoms with Gasteiger partial charge in [-0.3, -0.25) is 4.79 Å². The minimum absolute atomic E-state index is 0.608. The van der Waals surface area contributed by atoms with Crippen LogP contribution in [0.4, 0.5) is 0 Å². The lowest BCUT2D eigenvalue weighted by molar-refractivity contribution is -0.139.